The second kappa shape index (κ2) is 8.26. The van der Waals surface area contributed by atoms with E-state index in [4.69, 9.17) is 5.73 Å². The van der Waals surface area contributed by atoms with Gasteiger partial charge < -0.3 is 11.1 Å². The Kier molecular flexibility index (Phi) is 5.79. The average Bonchev–Trinajstić information content (AvgIpc) is 3.12. The molecule has 0 spiro atoms. The van der Waals surface area contributed by atoms with Crippen LogP contribution in [0.5, 0.6) is 0 Å². The zero-order valence-corrected chi connectivity index (χ0v) is 16.2. The number of primary amides is 1. The molecule has 0 aliphatic rings. The van der Waals surface area contributed by atoms with Crippen molar-refractivity contribution in [1.29, 1.82) is 0 Å². The third-order valence-electron chi connectivity index (χ3n) is 4.29. The molecule has 0 fully saturated rings. The first-order valence-electron chi connectivity index (χ1n) is 8.48. The summed E-state index contributed by atoms with van der Waals surface area (Å²) in [4.78, 5) is 27.8. The summed E-state index contributed by atoms with van der Waals surface area (Å²) >= 11 is 1.28. The molecule has 6 nitrogen and oxygen atoms in total. The molecule has 0 bridgehead atoms. The van der Waals surface area contributed by atoms with Crippen LogP contribution in [0.4, 0.5) is 10.1 Å². The van der Waals surface area contributed by atoms with Crippen LogP contribution in [0, 0.1) is 19.7 Å². The molecule has 144 valence electrons. The molecule has 1 aromatic heterocycles. The summed E-state index contributed by atoms with van der Waals surface area (Å²) in [6.07, 6.45) is 3.53. The third-order valence-corrected chi connectivity index (χ3v) is 5.26. The highest BCUT2D eigenvalue weighted by Gasteiger charge is 2.13. The highest BCUT2D eigenvalue weighted by Crippen LogP contribution is 2.24. The highest BCUT2D eigenvalue weighted by molar-refractivity contribution is 7.99. The van der Waals surface area contributed by atoms with Gasteiger partial charge in [-0.1, -0.05) is 23.9 Å². The number of hydrogen-bond donors (Lipinski definition) is 2. The summed E-state index contributed by atoms with van der Waals surface area (Å²) < 4.78 is 15.5. The van der Waals surface area contributed by atoms with E-state index in [0.29, 0.717) is 10.8 Å². The fraction of sp³-hybridized carbons (Fsp3) is 0.150. The Labute approximate surface area is 166 Å². The predicted molar refractivity (Wildman–Crippen MR) is 107 cm³/mol. The number of rotatable bonds is 6. The summed E-state index contributed by atoms with van der Waals surface area (Å²) in [5, 5.41) is 3.32. The van der Waals surface area contributed by atoms with Crippen LogP contribution in [0.1, 0.15) is 21.5 Å². The van der Waals surface area contributed by atoms with Crippen molar-refractivity contribution in [2.45, 2.75) is 19.0 Å². The fourth-order valence-corrected chi connectivity index (χ4v) is 3.46. The number of aromatic nitrogens is 2. The maximum absolute atomic E-state index is 13.5. The van der Waals surface area contributed by atoms with E-state index in [9.17, 15) is 14.0 Å². The number of nitrogens with zero attached hydrogens (tertiary/aromatic N) is 2. The minimum atomic E-state index is -0.890. The standard InChI is InChI=1S/C20H19FN4O2S/c1-12-4-3-5-17(13(12)2)25-9-8-23-20(25)28-11-18(26)24-14-6-7-16(21)15(10-14)19(22)27/h3-10H,11H2,1-2H3,(H2,22,27)(H,24,26). The van der Waals surface area contributed by atoms with E-state index in [2.05, 4.69) is 10.3 Å². The summed E-state index contributed by atoms with van der Waals surface area (Å²) in [6, 6.07) is 9.70. The van der Waals surface area contributed by atoms with Gasteiger partial charge in [-0.05, 0) is 49.2 Å². The Morgan fingerprint density at radius 1 is 1.25 bits per heavy atom. The van der Waals surface area contributed by atoms with Crippen LogP contribution < -0.4 is 11.1 Å². The SMILES string of the molecule is Cc1cccc(-n2ccnc2SCC(=O)Nc2ccc(F)c(C(N)=O)c2)c1C. The van der Waals surface area contributed by atoms with Crippen molar-refractivity contribution in [3.8, 4) is 5.69 Å². The van der Waals surface area contributed by atoms with Crippen LogP contribution in [0.25, 0.3) is 5.69 Å². The van der Waals surface area contributed by atoms with E-state index in [1.165, 1.54) is 29.5 Å². The zero-order chi connectivity index (χ0) is 20.3. The number of halogens is 1. The molecule has 0 saturated heterocycles. The van der Waals surface area contributed by atoms with Gasteiger partial charge in [0.25, 0.3) is 5.91 Å². The van der Waals surface area contributed by atoms with Gasteiger partial charge >= 0.3 is 0 Å². The van der Waals surface area contributed by atoms with Gasteiger partial charge in [0.15, 0.2) is 5.16 Å². The number of benzene rings is 2. The molecule has 0 atom stereocenters. The number of imidazole rings is 1. The maximum Gasteiger partial charge on any atom is 0.251 e. The lowest BCUT2D eigenvalue weighted by atomic mass is 10.1. The molecule has 28 heavy (non-hydrogen) atoms. The number of carbonyl (C=O) groups is 2. The Bertz CT molecular complexity index is 1050. The predicted octanol–water partition coefficient (Wildman–Crippen LogP) is 3.46. The van der Waals surface area contributed by atoms with Crippen molar-refractivity contribution < 1.29 is 14.0 Å². The van der Waals surface area contributed by atoms with Gasteiger partial charge in [-0.3, -0.25) is 14.2 Å². The van der Waals surface area contributed by atoms with Gasteiger partial charge in [-0.2, -0.15) is 0 Å². The number of carbonyl (C=O) groups excluding carboxylic acids is 2. The van der Waals surface area contributed by atoms with Crippen molar-refractivity contribution >= 4 is 29.3 Å². The second-order valence-corrected chi connectivity index (χ2v) is 7.14. The van der Waals surface area contributed by atoms with Crippen LogP contribution >= 0.6 is 11.8 Å². The molecule has 8 heteroatoms. The van der Waals surface area contributed by atoms with E-state index in [1.54, 1.807) is 6.20 Å². The lowest BCUT2D eigenvalue weighted by Crippen LogP contribution is -2.17. The van der Waals surface area contributed by atoms with Crippen molar-refractivity contribution in [1.82, 2.24) is 9.55 Å². The van der Waals surface area contributed by atoms with Crippen molar-refractivity contribution in [3.05, 3.63) is 71.3 Å². The molecule has 3 N–H and O–H groups in total. The van der Waals surface area contributed by atoms with Crippen molar-refractivity contribution in [2.24, 2.45) is 5.73 Å². The molecule has 0 aliphatic carbocycles. The molecule has 3 aromatic rings. The molecule has 2 amide bonds. The normalized spacial score (nSPS) is 10.7. The largest absolute Gasteiger partial charge is 0.366 e. The fourth-order valence-electron chi connectivity index (χ4n) is 2.70. The van der Waals surface area contributed by atoms with E-state index in [1.807, 2.05) is 42.8 Å². The lowest BCUT2D eigenvalue weighted by molar-refractivity contribution is -0.113. The zero-order valence-electron chi connectivity index (χ0n) is 15.4. The van der Waals surface area contributed by atoms with Gasteiger partial charge in [-0.25, -0.2) is 9.37 Å². The van der Waals surface area contributed by atoms with Crippen LogP contribution in [0.15, 0.2) is 53.9 Å². The molecule has 0 unspecified atom stereocenters. The van der Waals surface area contributed by atoms with Crippen LogP contribution in [0.2, 0.25) is 0 Å². The van der Waals surface area contributed by atoms with Gasteiger partial charge in [0, 0.05) is 18.1 Å². The molecular weight excluding hydrogens is 379 g/mol. The van der Waals surface area contributed by atoms with Gasteiger partial charge in [0.1, 0.15) is 5.82 Å². The summed E-state index contributed by atoms with van der Waals surface area (Å²) in [5.74, 6) is -1.82. The van der Waals surface area contributed by atoms with Crippen LogP contribution in [-0.4, -0.2) is 27.1 Å². The number of thioether (sulfide) groups is 1. The van der Waals surface area contributed by atoms with E-state index < -0.39 is 11.7 Å². The Hall–Kier alpha value is -3.13. The first-order valence-corrected chi connectivity index (χ1v) is 9.47. The Balaban J connectivity index is 1.70. The lowest BCUT2D eigenvalue weighted by Gasteiger charge is -2.12. The quantitative estimate of drug-likeness (QED) is 0.622. The second-order valence-electron chi connectivity index (χ2n) is 6.19. The van der Waals surface area contributed by atoms with Crippen LogP contribution in [0.3, 0.4) is 0 Å². The first kappa shape index (κ1) is 19.6. The molecule has 2 aromatic carbocycles. The number of nitrogens with one attached hydrogen (secondary N) is 1. The molecule has 0 aliphatic heterocycles. The monoisotopic (exact) mass is 398 g/mol. The summed E-state index contributed by atoms with van der Waals surface area (Å²) in [7, 11) is 0. The van der Waals surface area contributed by atoms with Gasteiger partial charge in [-0.15, -0.1) is 0 Å². The molecule has 3 rings (SSSR count). The Morgan fingerprint density at radius 3 is 2.79 bits per heavy atom. The topological polar surface area (TPSA) is 90.0 Å². The summed E-state index contributed by atoms with van der Waals surface area (Å²) in [5.41, 5.74) is 8.47. The highest BCUT2D eigenvalue weighted by atomic mass is 32.2. The average molecular weight is 398 g/mol. The molecule has 0 saturated carbocycles. The number of anilines is 1. The summed E-state index contributed by atoms with van der Waals surface area (Å²) in [6.45, 7) is 4.08. The van der Waals surface area contributed by atoms with Crippen molar-refractivity contribution in [2.75, 3.05) is 11.1 Å². The van der Waals surface area contributed by atoms with Crippen LogP contribution in [-0.2, 0) is 4.79 Å². The minimum Gasteiger partial charge on any atom is -0.366 e. The number of nitrogens with two attached hydrogens (primary N) is 1. The maximum atomic E-state index is 13.5. The van der Waals surface area contributed by atoms with E-state index >= 15 is 0 Å². The Morgan fingerprint density at radius 2 is 2.04 bits per heavy atom. The molecular formula is C20H19FN4O2S. The minimum absolute atomic E-state index is 0.102. The number of hydrogen-bond acceptors (Lipinski definition) is 4. The van der Waals surface area contributed by atoms with E-state index in [-0.39, 0.29) is 17.2 Å². The van der Waals surface area contributed by atoms with Crippen molar-refractivity contribution in [3.63, 3.8) is 0 Å². The molecule has 1 heterocycles. The van der Waals surface area contributed by atoms with Gasteiger partial charge in [0.05, 0.1) is 17.0 Å². The third kappa shape index (κ3) is 4.23. The van der Waals surface area contributed by atoms with E-state index in [0.717, 1.165) is 17.3 Å². The smallest absolute Gasteiger partial charge is 0.251 e. The molecule has 0 radical (unpaired) electrons. The number of amides is 2. The number of aryl methyl sites for hydroxylation is 1. The van der Waals surface area contributed by atoms with Gasteiger partial charge in [0.2, 0.25) is 5.91 Å². The first-order chi connectivity index (χ1) is 13.4.